The maximum atomic E-state index is 12.7. The van der Waals surface area contributed by atoms with Gasteiger partial charge in [0, 0.05) is 23.8 Å². The standard InChI is InChI=1S/C14H16ClF3N2O/c15-11-6-10(14(16,17)18)7-12(8-11)19-9-13(21)20-4-2-1-3-5-20/h6-8,19H,1-5,9H2. The molecule has 1 fully saturated rings. The molecule has 1 N–H and O–H groups in total. The summed E-state index contributed by atoms with van der Waals surface area (Å²) in [5, 5.41) is 2.70. The van der Waals surface area contributed by atoms with Gasteiger partial charge < -0.3 is 10.2 Å². The molecule has 3 nitrogen and oxygen atoms in total. The van der Waals surface area contributed by atoms with Crippen molar-refractivity contribution in [1.29, 1.82) is 0 Å². The predicted molar refractivity (Wildman–Crippen MR) is 75.4 cm³/mol. The molecule has 0 radical (unpaired) electrons. The molecule has 116 valence electrons. The van der Waals surface area contributed by atoms with Gasteiger partial charge in [-0.15, -0.1) is 0 Å². The summed E-state index contributed by atoms with van der Waals surface area (Å²) in [6.45, 7) is 1.39. The van der Waals surface area contributed by atoms with Gasteiger partial charge >= 0.3 is 6.18 Å². The Morgan fingerprint density at radius 3 is 2.48 bits per heavy atom. The van der Waals surface area contributed by atoms with Crippen molar-refractivity contribution < 1.29 is 18.0 Å². The lowest BCUT2D eigenvalue weighted by atomic mass is 10.1. The van der Waals surface area contributed by atoms with E-state index in [-0.39, 0.29) is 23.2 Å². The van der Waals surface area contributed by atoms with E-state index in [1.165, 1.54) is 6.07 Å². The zero-order valence-corrected chi connectivity index (χ0v) is 12.1. The van der Waals surface area contributed by atoms with Crippen molar-refractivity contribution in [2.75, 3.05) is 25.0 Å². The minimum absolute atomic E-state index is 0.0160. The number of piperidine rings is 1. The topological polar surface area (TPSA) is 32.3 Å². The van der Waals surface area contributed by atoms with Crippen molar-refractivity contribution in [2.45, 2.75) is 25.4 Å². The molecule has 0 aliphatic carbocycles. The monoisotopic (exact) mass is 320 g/mol. The third kappa shape index (κ3) is 4.52. The summed E-state index contributed by atoms with van der Waals surface area (Å²) in [6.07, 6.45) is -1.40. The first kappa shape index (κ1) is 15.9. The van der Waals surface area contributed by atoms with Crippen LogP contribution in [0.15, 0.2) is 18.2 Å². The average molecular weight is 321 g/mol. The Morgan fingerprint density at radius 1 is 1.19 bits per heavy atom. The second-order valence-corrected chi connectivity index (χ2v) is 5.46. The summed E-state index contributed by atoms with van der Waals surface area (Å²) in [5.41, 5.74) is -0.636. The van der Waals surface area contributed by atoms with Gasteiger partial charge in [0.15, 0.2) is 0 Å². The smallest absolute Gasteiger partial charge is 0.376 e. The van der Waals surface area contributed by atoms with Crippen molar-refractivity contribution >= 4 is 23.2 Å². The third-order valence-corrected chi connectivity index (χ3v) is 3.60. The van der Waals surface area contributed by atoms with E-state index in [2.05, 4.69) is 5.32 Å². The van der Waals surface area contributed by atoms with Crippen LogP contribution in [-0.2, 0) is 11.0 Å². The largest absolute Gasteiger partial charge is 0.416 e. The van der Waals surface area contributed by atoms with E-state index < -0.39 is 11.7 Å². The van der Waals surface area contributed by atoms with Gasteiger partial charge in [-0.3, -0.25) is 4.79 Å². The molecule has 7 heteroatoms. The minimum Gasteiger partial charge on any atom is -0.376 e. The normalized spacial score (nSPS) is 15.9. The van der Waals surface area contributed by atoms with Crippen LogP contribution >= 0.6 is 11.6 Å². The molecule has 0 bridgehead atoms. The highest BCUT2D eigenvalue weighted by Gasteiger charge is 2.31. The fourth-order valence-electron chi connectivity index (χ4n) is 2.29. The number of carbonyl (C=O) groups is 1. The summed E-state index contributed by atoms with van der Waals surface area (Å²) < 4.78 is 38.0. The lowest BCUT2D eigenvalue weighted by Gasteiger charge is -2.27. The van der Waals surface area contributed by atoms with E-state index in [4.69, 9.17) is 11.6 Å². The van der Waals surface area contributed by atoms with E-state index in [1.54, 1.807) is 4.90 Å². The Balaban J connectivity index is 1.99. The summed E-state index contributed by atoms with van der Waals surface area (Å²) in [5.74, 6) is -0.108. The highest BCUT2D eigenvalue weighted by atomic mass is 35.5. The van der Waals surface area contributed by atoms with Gasteiger partial charge in [-0.1, -0.05) is 11.6 Å². The van der Waals surface area contributed by atoms with Crippen LogP contribution in [0, 0.1) is 0 Å². The van der Waals surface area contributed by atoms with Gasteiger partial charge in [-0.05, 0) is 37.5 Å². The Kier molecular flexibility index (Phi) is 4.98. The number of carbonyl (C=O) groups excluding carboxylic acids is 1. The number of hydrogen-bond donors (Lipinski definition) is 1. The van der Waals surface area contributed by atoms with Crippen LogP contribution in [0.2, 0.25) is 5.02 Å². The molecule has 21 heavy (non-hydrogen) atoms. The molecular formula is C14H16ClF3N2O. The maximum Gasteiger partial charge on any atom is 0.416 e. The second kappa shape index (κ2) is 6.56. The number of halogens is 4. The van der Waals surface area contributed by atoms with Gasteiger partial charge in [0.1, 0.15) is 0 Å². The number of anilines is 1. The third-order valence-electron chi connectivity index (χ3n) is 3.38. The summed E-state index contributed by atoms with van der Waals surface area (Å²) in [6, 6.07) is 3.19. The Bertz CT molecular complexity index is 513. The van der Waals surface area contributed by atoms with Crippen LogP contribution in [0.3, 0.4) is 0 Å². The molecule has 1 amide bonds. The first-order chi connectivity index (χ1) is 9.86. The Labute approximate surface area is 126 Å². The Morgan fingerprint density at radius 2 is 1.86 bits per heavy atom. The SMILES string of the molecule is O=C(CNc1cc(Cl)cc(C(F)(F)F)c1)N1CCCCC1. The van der Waals surface area contributed by atoms with Gasteiger partial charge in [-0.2, -0.15) is 13.2 Å². The van der Waals surface area contributed by atoms with E-state index in [0.717, 1.165) is 31.4 Å². The van der Waals surface area contributed by atoms with Gasteiger partial charge in [0.2, 0.25) is 5.91 Å². The van der Waals surface area contributed by atoms with E-state index in [1.807, 2.05) is 0 Å². The van der Waals surface area contributed by atoms with Crippen LogP contribution in [0.5, 0.6) is 0 Å². The molecule has 1 heterocycles. The molecule has 0 aromatic heterocycles. The lowest BCUT2D eigenvalue weighted by Crippen LogP contribution is -2.39. The zero-order chi connectivity index (χ0) is 15.5. The highest BCUT2D eigenvalue weighted by Crippen LogP contribution is 2.33. The van der Waals surface area contributed by atoms with Crippen LogP contribution in [0.1, 0.15) is 24.8 Å². The van der Waals surface area contributed by atoms with Crippen LogP contribution in [0.4, 0.5) is 18.9 Å². The van der Waals surface area contributed by atoms with Crippen LogP contribution in [0.25, 0.3) is 0 Å². The second-order valence-electron chi connectivity index (χ2n) is 5.02. The number of alkyl halides is 3. The molecule has 1 aromatic rings. The maximum absolute atomic E-state index is 12.7. The van der Waals surface area contributed by atoms with E-state index in [9.17, 15) is 18.0 Å². The fourth-order valence-corrected chi connectivity index (χ4v) is 2.52. The molecule has 0 atom stereocenters. The van der Waals surface area contributed by atoms with Crippen molar-refractivity contribution in [3.8, 4) is 0 Å². The molecular weight excluding hydrogens is 305 g/mol. The van der Waals surface area contributed by atoms with Crippen molar-refractivity contribution in [1.82, 2.24) is 4.90 Å². The summed E-state index contributed by atoms with van der Waals surface area (Å²) in [7, 11) is 0. The number of rotatable bonds is 3. The minimum atomic E-state index is -4.46. The molecule has 1 aliphatic rings. The van der Waals surface area contributed by atoms with Gasteiger partial charge in [-0.25, -0.2) is 0 Å². The van der Waals surface area contributed by atoms with Crippen LogP contribution < -0.4 is 5.32 Å². The summed E-state index contributed by atoms with van der Waals surface area (Å²) >= 11 is 5.68. The number of nitrogens with zero attached hydrogens (tertiary/aromatic N) is 1. The Hall–Kier alpha value is -1.43. The van der Waals surface area contributed by atoms with Gasteiger partial charge in [0.05, 0.1) is 12.1 Å². The van der Waals surface area contributed by atoms with Crippen molar-refractivity contribution in [3.63, 3.8) is 0 Å². The first-order valence-electron chi connectivity index (χ1n) is 6.76. The number of hydrogen-bond acceptors (Lipinski definition) is 2. The first-order valence-corrected chi connectivity index (χ1v) is 7.13. The van der Waals surface area contributed by atoms with Crippen LogP contribution in [-0.4, -0.2) is 30.4 Å². The average Bonchev–Trinajstić information content (AvgIpc) is 2.44. The number of likely N-dealkylation sites (tertiary alicyclic amines) is 1. The lowest BCUT2D eigenvalue weighted by molar-refractivity contribution is -0.137. The highest BCUT2D eigenvalue weighted by molar-refractivity contribution is 6.30. The molecule has 0 spiro atoms. The number of nitrogens with one attached hydrogen (secondary N) is 1. The molecule has 0 saturated carbocycles. The van der Waals surface area contributed by atoms with Crippen molar-refractivity contribution in [2.24, 2.45) is 0 Å². The van der Waals surface area contributed by atoms with E-state index >= 15 is 0 Å². The number of benzene rings is 1. The van der Waals surface area contributed by atoms with Gasteiger partial charge in [0.25, 0.3) is 0 Å². The summed E-state index contributed by atoms with van der Waals surface area (Å²) in [4.78, 5) is 13.7. The zero-order valence-electron chi connectivity index (χ0n) is 11.3. The predicted octanol–water partition coefficient (Wildman–Crippen LogP) is 3.78. The molecule has 1 aliphatic heterocycles. The number of amides is 1. The molecule has 0 unspecified atom stereocenters. The molecule has 1 saturated heterocycles. The molecule has 2 rings (SSSR count). The quantitative estimate of drug-likeness (QED) is 0.919. The molecule has 1 aromatic carbocycles. The van der Waals surface area contributed by atoms with E-state index in [0.29, 0.717) is 13.1 Å². The van der Waals surface area contributed by atoms with Crippen molar-refractivity contribution in [3.05, 3.63) is 28.8 Å². The fraction of sp³-hybridized carbons (Fsp3) is 0.500.